The Balaban J connectivity index is 4.56. The molecule has 0 saturated heterocycles. The molecule has 0 aliphatic rings. The van der Waals surface area contributed by atoms with Crippen LogP contribution >= 0.6 is 11.5 Å². The molecule has 12 heteroatoms. The summed E-state index contributed by atoms with van der Waals surface area (Å²) in [4.78, 5) is 15.3. The molecule has 0 aliphatic carbocycles. The van der Waals surface area contributed by atoms with Crippen molar-refractivity contribution in [3.05, 3.63) is 20.2 Å². The van der Waals surface area contributed by atoms with Crippen LogP contribution in [0.25, 0.3) is 0 Å². The van der Waals surface area contributed by atoms with E-state index in [2.05, 4.69) is 4.18 Å². The van der Waals surface area contributed by atoms with Gasteiger partial charge in [0.15, 0.2) is 0 Å². The van der Waals surface area contributed by atoms with Gasteiger partial charge < -0.3 is 0 Å². The smallest absolute Gasteiger partial charge is 0.256 e. The summed E-state index contributed by atoms with van der Waals surface area (Å²) in [5.41, 5.74) is 0. The first-order chi connectivity index (χ1) is 6.09. The van der Waals surface area contributed by atoms with Crippen molar-refractivity contribution in [1.29, 1.82) is 0 Å². The normalized spacial score (nSPS) is 13.7. The molecule has 0 aromatic heterocycles. The summed E-state index contributed by atoms with van der Waals surface area (Å²) in [5, 5.41) is 19.5. The monoisotopic (exact) mass is 242 g/mol. The van der Waals surface area contributed by atoms with E-state index in [0.29, 0.717) is 0 Å². The molecule has 0 aromatic rings. The largest absolute Gasteiger partial charge is 0.639 e. The summed E-state index contributed by atoms with van der Waals surface area (Å²) >= 11 is -6.17. The highest BCUT2D eigenvalue weighted by Crippen LogP contribution is 2.54. The Labute approximate surface area is 75.3 Å². The van der Waals surface area contributed by atoms with Gasteiger partial charge in [-0.15, -0.1) is 0 Å². The molecule has 0 spiro atoms. The van der Waals surface area contributed by atoms with Crippen molar-refractivity contribution in [3.63, 3.8) is 0 Å². The molecule has 14 heavy (non-hydrogen) atoms. The molecule has 0 heterocycles. The van der Waals surface area contributed by atoms with Crippen molar-refractivity contribution in [2.45, 2.75) is 5.92 Å². The van der Waals surface area contributed by atoms with Crippen molar-refractivity contribution in [2.75, 3.05) is 6.61 Å². The lowest BCUT2D eigenvalue weighted by Crippen LogP contribution is -2.45. The number of halogens is 4. The first-order valence-corrected chi connectivity index (χ1v) is 3.90. The van der Waals surface area contributed by atoms with Crippen LogP contribution in [0.5, 0.6) is 0 Å². The van der Waals surface area contributed by atoms with E-state index < -0.39 is 33.8 Å². The fourth-order valence-corrected chi connectivity index (χ4v) is 0.597. The molecule has 84 valence electrons. The van der Waals surface area contributed by atoms with Gasteiger partial charge in [-0.1, -0.05) is 16.0 Å². The Morgan fingerprint density at radius 3 is 1.79 bits per heavy atom. The fraction of sp³-hybridized carbons (Fsp3) is 1.00. The zero-order chi connectivity index (χ0) is 11.6. The Morgan fingerprint density at radius 2 is 1.57 bits per heavy atom. The van der Waals surface area contributed by atoms with E-state index in [4.69, 9.17) is 0 Å². The van der Waals surface area contributed by atoms with Gasteiger partial charge in [0, 0.05) is 0 Å². The predicted molar refractivity (Wildman–Crippen MR) is 34.7 cm³/mol. The first-order valence-electron chi connectivity index (χ1n) is 2.64. The van der Waals surface area contributed by atoms with Gasteiger partial charge in [0.25, 0.3) is 0 Å². The van der Waals surface area contributed by atoms with Gasteiger partial charge in [0.1, 0.15) is 9.85 Å². The third-order valence-corrected chi connectivity index (χ3v) is 1.32. The molecule has 0 saturated carbocycles. The standard InChI is InChI=1S/C2H2F4N2O5S/c3-2(7(9)10,8(11)12)1-13-14(4,5)6/h1H2. The molecule has 0 aliphatic heterocycles. The molecule has 7 nitrogen and oxygen atoms in total. The maximum absolute atomic E-state index is 12.6. The van der Waals surface area contributed by atoms with E-state index in [1.54, 1.807) is 0 Å². The second-order valence-corrected chi connectivity index (χ2v) is 2.82. The second-order valence-electron chi connectivity index (χ2n) is 1.86. The third kappa shape index (κ3) is 3.29. The molecule has 0 amide bonds. The minimum atomic E-state index is -6.17. The highest BCUT2D eigenvalue weighted by molar-refractivity contribution is 8.16. The van der Waals surface area contributed by atoms with Crippen LogP contribution in [0, 0.1) is 20.2 Å². The van der Waals surface area contributed by atoms with Crippen molar-refractivity contribution in [2.24, 2.45) is 0 Å². The van der Waals surface area contributed by atoms with Crippen molar-refractivity contribution in [3.8, 4) is 0 Å². The van der Waals surface area contributed by atoms with Crippen LogP contribution in [-0.2, 0) is 4.18 Å². The maximum Gasteiger partial charge on any atom is 0.639 e. The molecular formula is C2H2F4N2O5S. The van der Waals surface area contributed by atoms with E-state index >= 15 is 0 Å². The van der Waals surface area contributed by atoms with E-state index in [1.165, 1.54) is 0 Å². The Kier molecular flexibility index (Phi) is 3.59. The van der Waals surface area contributed by atoms with Crippen LogP contribution in [0.1, 0.15) is 0 Å². The van der Waals surface area contributed by atoms with E-state index in [-0.39, 0.29) is 0 Å². The number of rotatable bonds is 5. The SMILES string of the molecule is O=[N+]([O-])C(F)(COS(F)(F)F)[N+](=O)[O-]. The van der Waals surface area contributed by atoms with Gasteiger partial charge in [-0.3, -0.25) is 20.2 Å². The lowest BCUT2D eigenvalue weighted by atomic mass is 10.5. The Morgan fingerprint density at radius 1 is 1.21 bits per heavy atom. The number of nitrogens with zero attached hydrogens (tertiary/aromatic N) is 2. The van der Waals surface area contributed by atoms with Gasteiger partial charge in [0.2, 0.25) is 6.61 Å². The zero-order valence-corrected chi connectivity index (χ0v) is 6.88. The van der Waals surface area contributed by atoms with E-state index in [1.807, 2.05) is 0 Å². The van der Waals surface area contributed by atoms with Gasteiger partial charge in [-0.2, -0.15) is 0 Å². The quantitative estimate of drug-likeness (QED) is 0.239. The van der Waals surface area contributed by atoms with Gasteiger partial charge in [-0.25, -0.2) is 4.18 Å². The van der Waals surface area contributed by atoms with E-state index in [0.717, 1.165) is 0 Å². The molecular weight excluding hydrogens is 240 g/mol. The van der Waals surface area contributed by atoms with Crippen molar-refractivity contribution in [1.82, 2.24) is 0 Å². The van der Waals surface area contributed by atoms with E-state index in [9.17, 15) is 36.3 Å². The van der Waals surface area contributed by atoms with Crippen LogP contribution in [0.4, 0.5) is 16.0 Å². The van der Waals surface area contributed by atoms with Crippen LogP contribution < -0.4 is 0 Å². The lowest BCUT2D eigenvalue weighted by molar-refractivity contribution is -0.832. The predicted octanol–water partition coefficient (Wildman–Crippen LogP) is 1.55. The summed E-state index contributed by atoms with van der Waals surface area (Å²) < 4.78 is 49.4. The minimum absolute atomic E-state index is 2.10. The maximum atomic E-state index is 12.6. The zero-order valence-electron chi connectivity index (χ0n) is 6.06. The van der Waals surface area contributed by atoms with Crippen LogP contribution in [0.2, 0.25) is 0 Å². The van der Waals surface area contributed by atoms with Crippen molar-refractivity contribution >= 4 is 11.5 Å². The van der Waals surface area contributed by atoms with Crippen LogP contribution in [0.15, 0.2) is 0 Å². The van der Waals surface area contributed by atoms with Crippen LogP contribution in [0.3, 0.4) is 0 Å². The summed E-state index contributed by atoms with van der Waals surface area (Å²) in [6.45, 7) is -2.30. The minimum Gasteiger partial charge on any atom is -0.256 e. The lowest BCUT2D eigenvalue weighted by Gasteiger charge is -2.11. The van der Waals surface area contributed by atoms with Crippen molar-refractivity contribution < 1.29 is 30.1 Å². The number of hydrogen-bond acceptors (Lipinski definition) is 5. The first kappa shape index (κ1) is 12.8. The summed E-state index contributed by atoms with van der Waals surface area (Å²) in [6, 6.07) is 0. The molecule has 0 N–H and O–H groups in total. The second kappa shape index (κ2) is 3.91. The molecule has 0 radical (unpaired) electrons. The Bertz CT molecular complexity index is 241. The summed E-state index contributed by atoms with van der Waals surface area (Å²) in [5.74, 6) is -4.47. The van der Waals surface area contributed by atoms with Gasteiger partial charge in [0.05, 0.1) is 0 Å². The molecule has 0 aromatic carbocycles. The number of hydrogen-bond donors (Lipinski definition) is 0. The number of nitro groups is 2. The third-order valence-electron chi connectivity index (χ3n) is 0.936. The molecule has 0 rings (SSSR count). The molecule has 0 fully saturated rings. The van der Waals surface area contributed by atoms with Gasteiger partial charge >= 0.3 is 17.4 Å². The Hall–Kier alpha value is -1.17. The average molecular weight is 242 g/mol. The summed E-state index contributed by atoms with van der Waals surface area (Å²) in [7, 11) is 0. The van der Waals surface area contributed by atoms with Crippen LogP contribution in [-0.4, -0.2) is 22.4 Å². The molecule has 0 atom stereocenters. The fourth-order valence-electron chi connectivity index (χ4n) is 0.314. The number of alkyl halides is 1. The topological polar surface area (TPSA) is 95.5 Å². The average Bonchev–Trinajstić information content (AvgIpc) is 1.97. The molecule has 0 unspecified atom stereocenters. The summed E-state index contributed by atoms with van der Waals surface area (Å²) in [6.07, 6.45) is 0. The molecule has 0 bridgehead atoms. The highest BCUT2D eigenvalue weighted by atomic mass is 32.4. The highest BCUT2D eigenvalue weighted by Gasteiger charge is 2.60. The van der Waals surface area contributed by atoms with Gasteiger partial charge in [-0.05, 0) is 0 Å².